The summed E-state index contributed by atoms with van der Waals surface area (Å²) in [5.74, 6) is 1.70. The molecule has 35 heavy (non-hydrogen) atoms. The number of rotatable bonds is 7. The highest BCUT2D eigenvalue weighted by Crippen LogP contribution is 2.45. The SMILES string of the molecule is OCCN1CC2C(=N1)CCc1c2sc2ncnc(Nc3ccc(OCc4ccccc4)c(Cl)c3)c12. The number of fused-ring (bicyclic) bond motifs is 5. The molecule has 6 rings (SSSR count). The van der Waals surface area contributed by atoms with Crippen molar-refractivity contribution >= 4 is 50.4 Å². The number of aryl methyl sites for hydroxylation is 1. The molecule has 2 N–H and O–H groups in total. The van der Waals surface area contributed by atoms with Gasteiger partial charge in [0.25, 0.3) is 0 Å². The molecule has 3 heterocycles. The first-order valence-corrected chi connectivity index (χ1v) is 12.8. The molecular weight excluding hydrogens is 482 g/mol. The Hall–Kier alpha value is -3.20. The number of thiophene rings is 1. The zero-order valence-electron chi connectivity index (χ0n) is 18.9. The van der Waals surface area contributed by atoms with E-state index in [1.165, 1.54) is 16.2 Å². The average Bonchev–Trinajstić information content (AvgIpc) is 3.46. The molecule has 0 saturated carbocycles. The monoisotopic (exact) mass is 505 g/mol. The third-order valence-corrected chi connectivity index (χ3v) is 7.97. The Morgan fingerprint density at radius 1 is 1.14 bits per heavy atom. The quantitative estimate of drug-likeness (QED) is 0.352. The van der Waals surface area contributed by atoms with Gasteiger partial charge in [-0.15, -0.1) is 11.3 Å². The van der Waals surface area contributed by atoms with Gasteiger partial charge in [-0.25, -0.2) is 9.97 Å². The van der Waals surface area contributed by atoms with E-state index >= 15 is 0 Å². The van der Waals surface area contributed by atoms with Crippen LogP contribution in [0.25, 0.3) is 10.2 Å². The molecule has 0 radical (unpaired) electrons. The second-order valence-corrected chi connectivity index (χ2v) is 10.1. The minimum Gasteiger partial charge on any atom is -0.487 e. The Labute approximate surface area is 212 Å². The number of hydrogen-bond acceptors (Lipinski definition) is 8. The lowest BCUT2D eigenvalue weighted by atomic mass is 9.87. The van der Waals surface area contributed by atoms with E-state index in [-0.39, 0.29) is 12.5 Å². The summed E-state index contributed by atoms with van der Waals surface area (Å²) in [5, 5.41) is 21.1. The van der Waals surface area contributed by atoms with Gasteiger partial charge in [-0.05, 0) is 42.2 Å². The number of hydrogen-bond donors (Lipinski definition) is 2. The number of halogens is 1. The van der Waals surface area contributed by atoms with E-state index in [1.807, 2.05) is 53.5 Å². The van der Waals surface area contributed by atoms with Gasteiger partial charge in [0, 0.05) is 22.8 Å². The minimum absolute atomic E-state index is 0.112. The molecule has 2 aliphatic rings. The van der Waals surface area contributed by atoms with E-state index in [1.54, 1.807) is 17.7 Å². The number of aliphatic hydroxyl groups is 1. The maximum atomic E-state index is 9.31. The molecule has 1 aliphatic heterocycles. The van der Waals surface area contributed by atoms with Crippen molar-refractivity contribution in [3.63, 3.8) is 0 Å². The summed E-state index contributed by atoms with van der Waals surface area (Å²) in [4.78, 5) is 11.4. The molecule has 0 bridgehead atoms. The maximum Gasteiger partial charge on any atom is 0.142 e. The predicted molar refractivity (Wildman–Crippen MR) is 140 cm³/mol. The molecule has 1 aliphatic carbocycles. The second kappa shape index (κ2) is 9.45. The normalized spacial score (nSPS) is 16.7. The van der Waals surface area contributed by atoms with E-state index in [9.17, 15) is 5.11 Å². The fraction of sp³-hybridized carbons (Fsp3) is 0.269. The van der Waals surface area contributed by atoms with Gasteiger partial charge in [-0.3, -0.25) is 5.01 Å². The van der Waals surface area contributed by atoms with E-state index in [4.69, 9.17) is 21.4 Å². The lowest BCUT2D eigenvalue weighted by Crippen LogP contribution is -2.23. The van der Waals surface area contributed by atoms with Crippen LogP contribution >= 0.6 is 22.9 Å². The summed E-state index contributed by atoms with van der Waals surface area (Å²) in [6.07, 6.45) is 3.43. The Balaban J connectivity index is 1.25. The Bertz CT molecular complexity index is 1410. The van der Waals surface area contributed by atoms with E-state index in [2.05, 4.69) is 15.3 Å². The first kappa shape index (κ1) is 22.3. The zero-order chi connectivity index (χ0) is 23.8. The Morgan fingerprint density at radius 2 is 2.03 bits per heavy atom. The van der Waals surface area contributed by atoms with Crippen molar-refractivity contribution in [3.8, 4) is 5.75 Å². The van der Waals surface area contributed by atoms with E-state index in [0.717, 1.165) is 46.7 Å². The van der Waals surface area contributed by atoms with Crippen LogP contribution in [0.3, 0.4) is 0 Å². The second-order valence-electron chi connectivity index (χ2n) is 8.67. The third-order valence-electron chi connectivity index (χ3n) is 6.42. The molecule has 7 nitrogen and oxygen atoms in total. The van der Waals surface area contributed by atoms with Gasteiger partial charge >= 0.3 is 0 Å². The van der Waals surface area contributed by atoms with E-state index < -0.39 is 0 Å². The van der Waals surface area contributed by atoms with Crippen LogP contribution in [0, 0.1) is 0 Å². The fourth-order valence-electron chi connectivity index (χ4n) is 4.78. The predicted octanol–water partition coefficient (Wildman–Crippen LogP) is 5.36. The molecule has 0 amide bonds. The lowest BCUT2D eigenvalue weighted by molar-refractivity contribution is 0.210. The molecular formula is C26H24ClN5O2S. The number of benzene rings is 2. The van der Waals surface area contributed by atoms with Crippen molar-refractivity contribution in [1.29, 1.82) is 0 Å². The molecule has 4 aromatic rings. The number of aliphatic hydroxyl groups excluding tert-OH is 1. The van der Waals surface area contributed by atoms with Crippen molar-refractivity contribution in [1.82, 2.24) is 15.0 Å². The molecule has 2 aromatic heterocycles. The summed E-state index contributed by atoms with van der Waals surface area (Å²) in [6, 6.07) is 15.7. The van der Waals surface area contributed by atoms with Gasteiger partial charge in [0.15, 0.2) is 0 Å². The molecule has 0 spiro atoms. The van der Waals surface area contributed by atoms with Crippen LogP contribution in [0.1, 0.15) is 28.3 Å². The number of anilines is 2. The van der Waals surface area contributed by atoms with Crippen LogP contribution in [-0.2, 0) is 13.0 Å². The first-order valence-electron chi connectivity index (χ1n) is 11.6. The highest BCUT2D eigenvalue weighted by molar-refractivity contribution is 7.19. The van der Waals surface area contributed by atoms with Crippen molar-refractivity contribution in [2.45, 2.75) is 25.4 Å². The highest BCUT2D eigenvalue weighted by atomic mass is 35.5. The van der Waals surface area contributed by atoms with Gasteiger partial charge in [-0.2, -0.15) is 5.10 Å². The van der Waals surface area contributed by atoms with Crippen LogP contribution in [0.2, 0.25) is 5.02 Å². The molecule has 1 unspecified atom stereocenters. The minimum atomic E-state index is 0.112. The van der Waals surface area contributed by atoms with Gasteiger partial charge in [0.2, 0.25) is 0 Å². The standard InChI is InChI=1S/C26H24ClN5O2S/c27-20-12-17(6-9-22(20)34-14-16-4-2-1-3-5-16)30-25-23-18-7-8-21-19(13-32(31-21)10-11-33)24(18)35-26(23)29-15-28-25/h1-6,9,12,15,19,33H,7-8,10-11,13-14H2,(H,28,29,30). The molecule has 0 fully saturated rings. The van der Waals surface area contributed by atoms with Crippen LogP contribution in [0.4, 0.5) is 11.5 Å². The Kier molecular flexibility index (Phi) is 6.01. The van der Waals surface area contributed by atoms with E-state index in [0.29, 0.717) is 23.9 Å². The van der Waals surface area contributed by atoms with Crippen molar-refractivity contribution < 1.29 is 9.84 Å². The largest absolute Gasteiger partial charge is 0.487 e. The highest BCUT2D eigenvalue weighted by Gasteiger charge is 2.36. The summed E-state index contributed by atoms with van der Waals surface area (Å²) in [5.41, 5.74) is 4.44. The smallest absolute Gasteiger partial charge is 0.142 e. The maximum absolute atomic E-state index is 9.31. The Morgan fingerprint density at radius 3 is 2.86 bits per heavy atom. The van der Waals surface area contributed by atoms with Crippen LogP contribution < -0.4 is 10.1 Å². The molecule has 1 atom stereocenters. The number of nitrogens with zero attached hydrogens (tertiary/aromatic N) is 4. The third kappa shape index (κ3) is 4.33. The van der Waals surface area contributed by atoms with Crippen LogP contribution in [0.15, 0.2) is 60.0 Å². The molecule has 0 saturated heterocycles. The molecule has 9 heteroatoms. The summed E-state index contributed by atoms with van der Waals surface area (Å²) in [6.45, 7) is 1.95. The number of β-amino-alcohol motifs (C(OH)–C–C–N with tert-alkyl or cyclic N) is 1. The van der Waals surface area contributed by atoms with Crippen molar-refractivity contribution in [2.75, 3.05) is 25.0 Å². The van der Waals surface area contributed by atoms with Crippen LogP contribution in [0.5, 0.6) is 5.75 Å². The first-order chi connectivity index (χ1) is 17.2. The number of aromatic nitrogens is 2. The number of hydrazone groups is 1. The summed E-state index contributed by atoms with van der Waals surface area (Å²) < 4.78 is 5.91. The van der Waals surface area contributed by atoms with Gasteiger partial charge in [0.1, 0.15) is 29.3 Å². The summed E-state index contributed by atoms with van der Waals surface area (Å²) >= 11 is 8.27. The topological polar surface area (TPSA) is 82.9 Å². The lowest BCUT2D eigenvalue weighted by Gasteiger charge is -2.19. The van der Waals surface area contributed by atoms with Crippen molar-refractivity contribution in [3.05, 3.63) is 75.9 Å². The van der Waals surface area contributed by atoms with Crippen molar-refractivity contribution in [2.24, 2.45) is 5.10 Å². The van der Waals surface area contributed by atoms with Gasteiger partial charge in [-0.1, -0.05) is 41.9 Å². The number of nitrogens with one attached hydrogen (secondary N) is 1. The van der Waals surface area contributed by atoms with Gasteiger partial charge in [0.05, 0.1) is 29.5 Å². The van der Waals surface area contributed by atoms with Gasteiger partial charge < -0.3 is 15.2 Å². The number of ether oxygens (including phenoxy) is 1. The zero-order valence-corrected chi connectivity index (χ0v) is 20.5. The fourth-order valence-corrected chi connectivity index (χ4v) is 6.32. The summed E-state index contributed by atoms with van der Waals surface area (Å²) in [7, 11) is 0. The average molecular weight is 506 g/mol. The molecule has 2 aromatic carbocycles. The van der Waals surface area contributed by atoms with Crippen LogP contribution in [-0.4, -0.2) is 45.5 Å². The molecule has 178 valence electrons.